The monoisotopic (exact) mass is 88.0 g/mol. The smallest absolute Gasteiger partial charge is 0.312 e. The van der Waals surface area contributed by atoms with Crippen LogP contribution in [0.15, 0.2) is 0 Å². The molecule has 0 aromatic heterocycles. The van der Waals surface area contributed by atoms with Crippen molar-refractivity contribution < 1.29 is 14.2 Å². The van der Waals surface area contributed by atoms with Crippen molar-refractivity contribution in [1.29, 1.82) is 0 Å². The maximum Gasteiger partial charge on any atom is 0.312 e. The Labute approximate surface area is 34.8 Å². The molecule has 2 fully saturated rings. The molecule has 2 rings (SSSR count). The van der Waals surface area contributed by atoms with Gasteiger partial charge < -0.3 is 4.74 Å². The second kappa shape index (κ2) is 0.621. The van der Waals surface area contributed by atoms with Crippen LogP contribution in [-0.2, 0) is 14.2 Å². The first-order valence-corrected chi connectivity index (χ1v) is 1.83. The molecule has 2 saturated heterocycles. The molecule has 3 nitrogen and oxygen atoms in total. The third kappa shape index (κ3) is 0.194. The first-order chi connectivity index (χ1) is 2.91. The fourth-order valence-electron chi connectivity index (χ4n) is 0.416. The predicted molar refractivity (Wildman–Crippen MR) is 15.7 cm³/mol. The van der Waals surface area contributed by atoms with Crippen LogP contribution in [0.2, 0.25) is 0 Å². The Balaban J connectivity index is 2.09. The minimum Gasteiger partial charge on any atom is -0.317 e. The molecule has 0 aromatic rings. The molecule has 2 aliphatic rings. The van der Waals surface area contributed by atoms with Crippen LogP contribution < -0.4 is 0 Å². The van der Waals surface area contributed by atoms with E-state index in [-0.39, 0.29) is 0 Å². The topological polar surface area (TPSA) is 31.0 Å². The van der Waals surface area contributed by atoms with Gasteiger partial charge in [-0.25, -0.2) is 0 Å². The fourth-order valence-corrected chi connectivity index (χ4v) is 0.416. The summed E-state index contributed by atoms with van der Waals surface area (Å²) in [5, 5.41) is 0. The van der Waals surface area contributed by atoms with Crippen LogP contribution in [0, 0.1) is 0 Å². The van der Waals surface area contributed by atoms with Crippen molar-refractivity contribution in [1.82, 2.24) is 0 Å². The van der Waals surface area contributed by atoms with E-state index >= 15 is 0 Å². The highest BCUT2D eigenvalue weighted by Crippen LogP contribution is 2.36. The number of epoxide rings is 1. The molecule has 0 aromatic carbocycles. The minimum atomic E-state index is -0.528. The van der Waals surface area contributed by atoms with E-state index in [9.17, 15) is 0 Å². The highest BCUT2D eigenvalue weighted by atomic mass is 17.0. The molecule has 0 radical (unpaired) electrons. The van der Waals surface area contributed by atoms with Crippen molar-refractivity contribution in [3.8, 4) is 0 Å². The van der Waals surface area contributed by atoms with Gasteiger partial charge in [-0.2, -0.15) is 0 Å². The molecular formula is C3H4O3. The van der Waals surface area contributed by atoms with Crippen LogP contribution >= 0.6 is 0 Å². The Morgan fingerprint density at radius 1 is 1.17 bits per heavy atom. The molecule has 0 bridgehead atoms. The average molecular weight is 88.1 g/mol. The van der Waals surface area contributed by atoms with Gasteiger partial charge in [-0.3, -0.25) is 9.47 Å². The van der Waals surface area contributed by atoms with Crippen molar-refractivity contribution in [2.45, 2.75) is 5.97 Å². The highest BCUT2D eigenvalue weighted by Gasteiger charge is 2.55. The van der Waals surface area contributed by atoms with Gasteiger partial charge in [-0.1, -0.05) is 0 Å². The van der Waals surface area contributed by atoms with Crippen LogP contribution in [-0.4, -0.2) is 19.4 Å². The van der Waals surface area contributed by atoms with E-state index in [4.69, 9.17) is 9.47 Å². The highest BCUT2D eigenvalue weighted by molar-refractivity contribution is 4.73. The first-order valence-electron chi connectivity index (χ1n) is 1.83. The lowest BCUT2D eigenvalue weighted by Gasteiger charge is -2.21. The maximum absolute atomic E-state index is 4.78. The summed E-state index contributed by atoms with van der Waals surface area (Å²) >= 11 is 0. The molecule has 0 N–H and O–H groups in total. The average Bonchev–Trinajstić information content (AvgIpc) is 2.02. The Morgan fingerprint density at radius 3 is 1.83 bits per heavy atom. The summed E-state index contributed by atoms with van der Waals surface area (Å²) in [7, 11) is 0. The van der Waals surface area contributed by atoms with E-state index in [0.717, 1.165) is 0 Å². The number of hydrogen-bond donors (Lipinski definition) is 0. The molecule has 1 spiro atoms. The molecular weight excluding hydrogens is 84.0 g/mol. The summed E-state index contributed by atoms with van der Waals surface area (Å²) in [6.07, 6.45) is 0. The van der Waals surface area contributed by atoms with Crippen LogP contribution in [0.4, 0.5) is 0 Å². The van der Waals surface area contributed by atoms with Crippen LogP contribution in [0.3, 0.4) is 0 Å². The lowest BCUT2D eigenvalue weighted by Crippen LogP contribution is -2.33. The molecule has 0 amide bonds. The van der Waals surface area contributed by atoms with Gasteiger partial charge in [-0.05, 0) is 0 Å². The standard InChI is InChI=1S/C3H4O3/c1-3(4-1)5-2-6-3/h1-2H2. The summed E-state index contributed by atoms with van der Waals surface area (Å²) in [6.45, 7) is 1.02. The van der Waals surface area contributed by atoms with E-state index in [0.29, 0.717) is 13.4 Å². The Hall–Kier alpha value is -0.120. The van der Waals surface area contributed by atoms with Gasteiger partial charge in [0.1, 0.15) is 6.61 Å². The number of ether oxygens (including phenoxy) is 3. The Morgan fingerprint density at radius 2 is 1.83 bits per heavy atom. The number of hydrogen-bond acceptors (Lipinski definition) is 3. The lowest BCUT2D eigenvalue weighted by atomic mass is 10.7. The number of rotatable bonds is 0. The summed E-state index contributed by atoms with van der Waals surface area (Å²) in [4.78, 5) is 0. The largest absolute Gasteiger partial charge is 0.317 e. The van der Waals surface area contributed by atoms with Crippen molar-refractivity contribution in [3.05, 3.63) is 0 Å². The quantitative estimate of drug-likeness (QED) is 0.380. The maximum atomic E-state index is 4.78. The van der Waals surface area contributed by atoms with Crippen molar-refractivity contribution in [2.75, 3.05) is 13.4 Å². The van der Waals surface area contributed by atoms with Crippen LogP contribution in [0.5, 0.6) is 0 Å². The first kappa shape index (κ1) is 2.96. The van der Waals surface area contributed by atoms with Crippen LogP contribution in [0.25, 0.3) is 0 Å². The molecule has 6 heavy (non-hydrogen) atoms. The zero-order valence-electron chi connectivity index (χ0n) is 3.14. The SMILES string of the molecule is C1OC2(CO2)O1. The van der Waals surface area contributed by atoms with Gasteiger partial charge in [0.05, 0.1) is 0 Å². The van der Waals surface area contributed by atoms with Crippen molar-refractivity contribution in [2.24, 2.45) is 0 Å². The van der Waals surface area contributed by atoms with E-state index in [1.54, 1.807) is 0 Å². The third-order valence-electron chi connectivity index (χ3n) is 0.938. The van der Waals surface area contributed by atoms with Crippen LogP contribution in [0.1, 0.15) is 0 Å². The zero-order chi connectivity index (χ0) is 4.04. The summed E-state index contributed by atoms with van der Waals surface area (Å²) in [6, 6.07) is 0. The predicted octanol–water partition coefficient (Wildman–Crippen LogP) is -0.325. The van der Waals surface area contributed by atoms with Crippen molar-refractivity contribution >= 4 is 0 Å². The van der Waals surface area contributed by atoms with E-state index in [1.807, 2.05) is 0 Å². The van der Waals surface area contributed by atoms with Gasteiger partial charge >= 0.3 is 5.97 Å². The van der Waals surface area contributed by atoms with Crippen molar-refractivity contribution in [3.63, 3.8) is 0 Å². The Kier molecular flexibility index (Phi) is 0.306. The third-order valence-corrected chi connectivity index (χ3v) is 0.938. The molecule has 0 atom stereocenters. The molecule has 3 heteroatoms. The molecule has 0 saturated carbocycles. The normalized spacial score (nSPS) is 36.0. The van der Waals surface area contributed by atoms with Gasteiger partial charge in [0.2, 0.25) is 0 Å². The lowest BCUT2D eigenvalue weighted by molar-refractivity contribution is -0.385. The zero-order valence-corrected chi connectivity index (χ0v) is 3.14. The molecule has 34 valence electrons. The molecule has 2 aliphatic heterocycles. The van der Waals surface area contributed by atoms with Gasteiger partial charge in [-0.15, -0.1) is 0 Å². The summed E-state index contributed by atoms with van der Waals surface area (Å²) in [5.74, 6) is -0.528. The summed E-state index contributed by atoms with van der Waals surface area (Å²) in [5.41, 5.74) is 0. The van der Waals surface area contributed by atoms with Gasteiger partial charge in [0, 0.05) is 0 Å². The van der Waals surface area contributed by atoms with E-state index < -0.39 is 5.97 Å². The van der Waals surface area contributed by atoms with E-state index in [1.165, 1.54) is 0 Å². The fraction of sp³-hybridized carbons (Fsp3) is 1.00. The van der Waals surface area contributed by atoms with Gasteiger partial charge in [0.25, 0.3) is 0 Å². The molecule has 0 unspecified atom stereocenters. The Bertz CT molecular complexity index is 70.1. The van der Waals surface area contributed by atoms with E-state index in [2.05, 4.69) is 4.74 Å². The second-order valence-electron chi connectivity index (χ2n) is 1.38. The van der Waals surface area contributed by atoms with Gasteiger partial charge in [0.15, 0.2) is 6.79 Å². The molecule has 2 heterocycles. The minimum absolute atomic E-state index is 0.403. The summed E-state index contributed by atoms with van der Waals surface area (Å²) < 4.78 is 14.3. The second-order valence-corrected chi connectivity index (χ2v) is 1.38. The molecule has 0 aliphatic carbocycles.